The summed E-state index contributed by atoms with van der Waals surface area (Å²) in [6, 6.07) is -1.10. The summed E-state index contributed by atoms with van der Waals surface area (Å²) in [5, 5.41) is 2.48. The molecule has 68 valence electrons. The summed E-state index contributed by atoms with van der Waals surface area (Å²) in [6.07, 6.45) is -0.236. The fraction of sp³-hybridized carbons (Fsp3) is 0.714. The van der Waals surface area contributed by atoms with E-state index in [1.165, 1.54) is 0 Å². The van der Waals surface area contributed by atoms with Crippen molar-refractivity contribution in [3.05, 3.63) is 0 Å². The largest absolute Gasteiger partial charge is 0.458 e. The van der Waals surface area contributed by atoms with Gasteiger partial charge in [0, 0.05) is 0 Å². The van der Waals surface area contributed by atoms with Crippen molar-refractivity contribution in [1.82, 2.24) is 5.32 Å². The second kappa shape index (κ2) is 3.10. The Kier molecular flexibility index (Phi) is 2.32. The molecule has 1 unspecified atom stereocenters. The van der Waals surface area contributed by atoms with Crippen LogP contribution in [-0.4, -0.2) is 30.1 Å². The maximum Gasteiger partial charge on any atom is 0.332 e. The Morgan fingerprint density at radius 1 is 1.75 bits per heavy atom. The van der Waals surface area contributed by atoms with E-state index in [-0.39, 0.29) is 12.0 Å². The van der Waals surface area contributed by atoms with Gasteiger partial charge in [-0.15, -0.1) is 0 Å². The zero-order valence-electron chi connectivity index (χ0n) is 7.03. The minimum atomic E-state index is -0.592. The molecule has 1 rings (SSSR count). The summed E-state index contributed by atoms with van der Waals surface area (Å²) in [6.45, 7) is 3.28. The van der Waals surface area contributed by atoms with Gasteiger partial charge in [-0.3, -0.25) is 4.79 Å². The minimum Gasteiger partial charge on any atom is -0.458 e. The molecule has 1 fully saturated rings. The van der Waals surface area contributed by atoms with E-state index in [0.717, 1.165) is 0 Å². The monoisotopic (exact) mass is 172 g/mol. The molecule has 0 aromatic carbocycles. The lowest BCUT2D eigenvalue weighted by Crippen LogP contribution is -2.60. The van der Waals surface area contributed by atoms with E-state index < -0.39 is 18.1 Å². The molecule has 1 amide bonds. The highest BCUT2D eigenvalue weighted by Crippen LogP contribution is 2.13. The summed E-state index contributed by atoms with van der Waals surface area (Å²) in [5.74, 6) is -0.722. The predicted molar refractivity (Wildman–Crippen MR) is 41.1 cm³/mol. The third kappa shape index (κ3) is 1.55. The molecule has 12 heavy (non-hydrogen) atoms. The number of hydrogen-bond acceptors (Lipinski definition) is 4. The molecule has 1 saturated heterocycles. The number of amides is 1. The molecular formula is C7H12N2O3. The summed E-state index contributed by atoms with van der Waals surface area (Å²) >= 11 is 0. The normalized spacial score (nSPS) is 30.1. The van der Waals surface area contributed by atoms with Gasteiger partial charge in [0.25, 0.3) is 0 Å². The van der Waals surface area contributed by atoms with E-state index in [2.05, 4.69) is 10.1 Å². The second-order valence-electron chi connectivity index (χ2n) is 2.92. The molecular weight excluding hydrogens is 160 g/mol. The van der Waals surface area contributed by atoms with Crippen LogP contribution in [0, 0.1) is 0 Å². The highest BCUT2D eigenvalue weighted by atomic mass is 16.6. The zero-order chi connectivity index (χ0) is 9.30. The Balaban J connectivity index is 2.41. The Morgan fingerprint density at radius 3 is 2.67 bits per heavy atom. The Morgan fingerprint density at radius 2 is 2.33 bits per heavy atom. The van der Waals surface area contributed by atoms with Gasteiger partial charge in [0.1, 0.15) is 6.10 Å². The average Bonchev–Trinajstić information content (AvgIpc) is 2.00. The molecule has 1 aliphatic heterocycles. The molecule has 3 N–H and O–H groups in total. The standard InChI is InChI=1S/C7H12N2O3/c1-3(8)6(10)9-5-4(2)12-7(5)11/h3-5H,8H2,1-2H3,(H,9,10)/t3?,4-,5+/m1/s1. The molecule has 5 nitrogen and oxygen atoms in total. The average molecular weight is 172 g/mol. The molecule has 5 heteroatoms. The highest BCUT2D eigenvalue weighted by molar-refractivity contribution is 5.90. The molecule has 0 saturated carbocycles. The topological polar surface area (TPSA) is 81.4 Å². The Hall–Kier alpha value is -1.10. The molecule has 0 radical (unpaired) electrons. The van der Waals surface area contributed by atoms with Gasteiger partial charge in [-0.2, -0.15) is 0 Å². The molecule has 0 aromatic rings. The molecule has 3 atom stereocenters. The maximum absolute atomic E-state index is 11.0. The van der Waals surface area contributed by atoms with E-state index >= 15 is 0 Å². The van der Waals surface area contributed by atoms with Gasteiger partial charge in [-0.25, -0.2) is 4.79 Å². The van der Waals surface area contributed by atoms with Gasteiger partial charge >= 0.3 is 5.97 Å². The first-order valence-electron chi connectivity index (χ1n) is 3.79. The van der Waals surface area contributed by atoms with E-state index in [1.807, 2.05) is 0 Å². The third-order valence-corrected chi connectivity index (χ3v) is 1.74. The van der Waals surface area contributed by atoms with E-state index in [1.54, 1.807) is 13.8 Å². The number of carbonyl (C=O) groups excluding carboxylic acids is 2. The number of nitrogens with one attached hydrogen (secondary N) is 1. The van der Waals surface area contributed by atoms with Crippen molar-refractivity contribution in [2.45, 2.75) is 32.0 Å². The lowest BCUT2D eigenvalue weighted by Gasteiger charge is -2.33. The van der Waals surface area contributed by atoms with Crippen molar-refractivity contribution in [1.29, 1.82) is 0 Å². The number of carbonyl (C=O) groups is 2. The van der Waals surface area contributed by atoms with Crippen LogP contribution in [0.3, 0.4) is 0 Å². The van der Waals surface area contributed by atoms with Crippen LogP contribution in [0.15, 0.2) is 0 Å². The maximum atomic E-state index is 11.0. The Labute approximate surface area is 70.2 Å². The quantitative estimate of drug-likeness (QED) is 0.511. The van der Waals surface area contributed by atoms with Crippen molar-refractivity contribution >= 4 is 11.9 Å². The predicted octanol–water partition coefficient (Wildman–Crippen LogP) is -1.24. The van der Waals surface area contributed by atoms with Crippen molar-refractivity contribution in [3.8, 4) is 0 Å². The van der Waals surface area contributed by atoms with Crippen LogP contribution >= 0.6 is 0 Å². The molecule has 0 spiro atoms. The molecule has 0 aromatic heterocycles. The highest BCUT2D eigenvalue weighted by Gasteiger charge is 2.40. The minimum absolute atomic E-state index is 0.236. The molecule has 0 aliphatic carbocycles. The number of rotatable bonds is 2. The first kappa shape index (κ1) is 8.99. The number of hydrogen-bond donors (Lipinski definition) is 2. The fourth-order valence-corrected chi connectivity index (χ4v) is 0.905. The van der Waals surface area contributed by atoms with Gasteiger partial charge < -0.3 is 15.8 Å². The third-order valence-electron chi connectivity index (χ3n) is 1.74. The van der Waals surface area contributed by atoms with Crippen molar-refractivity contribution in [2.75, 3.05) is 0 Å². The first-order chi connectivity index (χ1) is 5.52. The molecule has 0 bridgehead atoms. The SMILES string of the molecule is CC(N)C(=O)N[C@@H]1C(=O)O[C@@H]1C. The fourth-order valence-electron chi connectivity index (χ4n) is 0.905. The van der Waals surface area contributed by atoms with Crippen LogP contribution in [0.1, 0.15) is 13.8 Å². The lowest BCUT2D eigenvalue weighted by molar-refractivity contribution is -0.176. The number of cyclic esters (lactones) is 1. The van der Waals surface area contributed by atoms with Gasteiger partial charge in [0.15, 0.2) is 6.04 Å². The Bertz CT molecular complexity index is 215. The second-order valence-corrected chi connectivity index (χ2v) is 2.92. The van der Waals surface area contributed by atoms with Gasteiger partial charge in [-0.05, 0) is 13.8 Å². The number of esters is 1. The van der Waals surface area contributed by atoms with E-state index in [0.29, 0.717) is 0 Å². The van der Waals surface area contributed by atoms with Crippen LogP contribution in [0.4, 0.5) is 0 Å². The number of ether oxygens (including phenoxy) is 1. The van der Waals surface area contributed by atoms with Gasteiger partial charge in [-0.1, -0.05) is 0 Å². The lowest BCUT2D eigenvalue weighted by atomic mass is 10.1. The van der Waals surface area contributed by atoms with E-state index in [9.17, 15) is 9.59 Å². The summed E-state index contributed by atoms with van der Waals surface area (Å²) in [7, 11) is 0. The smallest absolute Gasteiger partial charge is 0.332 e. The summed E-state index contributed by atoms with van der Waals surface area (Å²) in [5.41, 5.74) is 5.29. The summed E-state index contributed by atoms with van der Waals surface area (Å²) < 4.78 is 4.64. The van der Waals surface area contributed by atoms with E-state index in [4.69, 9.17) is 5.73 Å². The van der Waals surface area contributed by atoms with Crippen molar-refractivity contribution < 1.29 is 14.3 Å². The summed E-state index contributed by atoms with van der Waals surface area (Å²) in [4.78, 5) is 21.7. The molecule has 1 heterocycles. The first-order valence-corrected chi connectivity index (χ1v) is 3.79. The van der Waals surface area contributed by atoms with Crippen molar-refractivity contribution in [2.24, 2.45) is 5.73 Å². The van der Waals surface area contributed by atoms with Gasteiger partial charge in [0.2, 0.25) is 5.91 Å². The van der Waals surface area contributed by atoms with Crippen LogP contribution in [0.2, 0.25) is 0 Å². The van der Waals surface area contributed by atoms with Crippen LogP contribution in [0.5, 0.6) is 0 Å². The van der Waals surface area contributed by atoms with Crippen LogP contribution in [0.25, 0.3) is 0 Å². The van der Waals surface area contributed by atoms with Crippen molar-refractivity contribution in [3.63, 3.8) is 0 Å². The van der Waals surface area contributed by atoms with Crippen LogP contribution in [-0.2, 0) is 14.3 Å². The zero-order valence-corrected chi connectivity index (χ0v) is 7.03. The number of nitrogens with two attached hydrogens (primary N) is 1. The molecule has 1 aliphatic rings. The van der Waals surface area contributed by atoms with Crippen LogP contribution < -0.4 is 11.1 Å². The van der Waals surface area contributed by atoms with Gasteiger partial charge in [0.05, 0.1) is 6.04 Å².